The molecule has 2 N–H and O–H groups in total. The molecular weight excluding hydrogens is 368 g/mol. The van der Waals surface area contributed by atoms with Gasteiger partial charge in [-0.1, -0.05) is 33.8 Å². The molecule has 0 radical (unpaired) electrons. The van der Waals surface area contributed by atoms with E-state index in [0.717, 1.165) is 0 Å². The molecule has 7 nitrogen and oxygen atoms in total. The van der Waals surface area contributed by atoms with Crippen LogP contribution in [0.3, 0.4) is 0 Å². The zero-order valence-corrected chi connectivity index (χ0v) is 17.5. The molecule has 0 atom stereocenters. The Labute approximate surface area is 161 Å². The molecule has 27 heavy (non-hydrogen) atoms. The summed E-state index contributed by atoms with van der Waals surface area (Å²) in [5.74, 6) is -1.43. The Morgan fingerprint density at radius 1 is 1.11 bits per heavy atom. The summed E-state index contributed by atoms with van der Waals surface area (Å²) < 4.78 is 26.7. The predicted molar refractivity (Wildman–Crippen MR) is 104 cm³/mol. The Hall–Kier alpha value is -1.93. The summed E-state index contributed by atoms with van der Waals surface area (Å²) in [6, 6.07) is 4.44. The molecule has 0 aromatic heterocycles. The Morgan fingerprint density at radius 2 is 1.67 bits per heavy atom. The third-order valence-electron chi connectivity index (χ3n) is 5.19. The van der Waals surface area contributed by atoms with Crippen LogP contribution in [0.1, 0.15) is 56.5 Å². The zero-order valence-electron chi connectivity index (χ0n) is 16.7. The zero-order chi connectivity index (χ0) is 20.8. The molecule has 0 aliphatic rings. The third kappa shape index (κ3) is 4.87. The average molecular weight is 399 g/mol. The van der Waals surface area contributed by atoms with Gasteiger partial charge in [-0.25, -0.2) is 8.42 Å². The van der Waals surface area contributed by atoms with Gasteiger partial charge >= 0.3 is 5.97 Å². The van der Waals surface area contributed by atoms with Crippen LogP contribution in [-0.4, -0.2) is 49.3 Å². The molecule has 0 aliphatic heterocycles. The van der Waals surface area contributed by atoms with E-state index in [0.29, 0.717) is 31.5 Å². The van der Waals surface area contributed by atoms with Crippen molar-refractivity contribution in [3.05, 3.63) is 29.3 Å². The number of sulfonamides is 1. The fourth-order valence-corrected chi connectivity index (χ4v) is 4.43. The number of benzene rings is 1. The van der Waals surface area contributed by atoms with Gasteiger partial charge < -0.3 is 10.4 Å². The van der Waals surface area contributed by atoms with Crippen molar-refractivity contribution in [3.8, 4) is 0 Å². The minimum absolute atomic E-state index is 0.0133. The Balaban J connectivity index is 3.17. The standard InChI is InChI=1S/C19H30N2O5S/c1-6-19(7-2,18(23)24)13-20-17(22)16-12-15(11-10-14(16)5)27(25,26)21(8-3)9-4/h10-12H,6-9,13H2,1-5H3,(H,20,22)(H,23,24). The fourth-order valence-electron chi connectivity index (χ4n) is 2.94. The van der Waals surface area contributed by atoms with Gasteiger partial charge in [-0.05, 0) is 37.5 Å². The minimum Gasteiger partial charge on any atom is -0.481 e. The summed E-state index contributed by atoms with van der Waals surface area (Å²) >= 11 is 0. The first kappa shape index (κ1) is 23.1. The summed E-state index contributed by atoms with van der Waals surface area (Å²) in [5, 5.41) is 12.2. The first-order valence-corrected chi connectivity index (χ1v) is 10.7. The van der Waals surface area contributed by atoms with Crippen molar-refractivity contribution in [2.24, 2.45) is 5.41 Å². The summed E-state index contributed by atoms with van der Waals surface area (Å²) in [6.45, 7) is 9.42. The molecule has 0 fully saturated rings. The van der Waals surface area contributed by atoms with Crippen LogP contribution in [0, 0.1) is 12.3 Å². The average Bonchev–Trinajstić information content (AvgIpc) is 2.63. The van der Waals surface area contributed by atoms with Crippen LogP contribution >= 0.6 is 0 Å². The number of carbonyl (C=O) groups is 2. The second kappa shape index (κ2) is 9.32. The molecule has 0 bridgehead atoms. The van der Waals surface area contributed by atoms with Crippen LogP contribution in [0.15, 0.2) is 23.1 Å². The molecular formula is C19H30N2O5S. The maximum absolute atomic E-state index is 12.7. The van der Waals surface area contributed by atoms with Crippen LogP contribution < -0.4 is 5.32 Å². The van der Waals surface area contributed by atoms with Crippen molar-refractivity contribution in [2.75, 3.05) is 19.6 Å². The van der Waals surface area contributed by atoms with Crippen molar-refractivity contribution in [3.63, 3.8) is 0 Å². The highest BCUT2D eigenvalue weighted by atomic mass is 32.2. The molecule has 1 aromatic carbocycles. The van der Waals surface area contributed by atoms with Crippen molar-refractivity contribution >= 4 is 21.9 Å². The molecule has 1 aromatic rings. The summed E-state index contributed by atoms with van der Waals surface area (Å²) in [5.41, 5.74) is -0.177. The Kier molecular flexibility index (Phi) is 7.98. The summed E-state index contributed by atoms with van der Waals surface area (Å²) in [7, 11) is -3.68. The van der Waals surface area contributed by atoms with E-state index < -0.39 is 27.3 Å². The van der Waals surface area contributed by atoms with E-state index in [4.69, 9.17) is 0 Å². The lowest BCUT2D eigenvalue weighted by molar-refractivity contribution is -0.149. The number of aryl methyl sites for hydroxylation is 1. The lowest BCUT2D eigenvalue weighted by atomic mass is 9.82. The number of nitrogens with zero attached hydrogens (tertiary/aromatic N) is 1. The van der Waals surface area contributed by atoms with Crippen molar-refractivity contribution < 1.29 is 23.1 Å². The monoisotopic (exact) mass is 398 g/mol. The van der Waals surface area contributed by atoms with Crippen molar-refractivity contribution in [1.82, 2.24) is 9.62 Å². The van der Waals surface area contributed by atoms with Crippen molar-refractivity contribution in [1.29, 1.82) is 0 Å². The Morgan fingerprint density at radius 3 is 2.11 bits per heavy atom. The van der Waals surface area contributed by atoms with E-state index in [1.807, 2.05) is 0 Å². The quantitative estimate of drug-likeness (QED) is 0.630. The van der Waals surface area contributed by atoms with Crippen LogP contribution in [0.2, 0.25) is 0 Å². The lowest BCUT2D eigenvalue weighted by Crippen LogP contribution is -2.42. The number of nitrogens with one attached hydrogen (secondary N) is 1. The van der Waals surface area contributed by atoms with Gasteiger partial charge in [0.15, 0.2) is 0 Å². The van der Waals surface area contributed by atoms with Crippen LogP contribution in [0.5, 0.6) is 0 Å². The molecule has 0 saturated heterocycles. The van der Waals surface area contributed by atoms with E-state index >= 15 is 0 Å². The summed E-state index contributed by atoms with van der Waals surface area (Å²) in [6.07, 6.45) is 0.767. The predicted octanol–water partition coefficient (Wildman–Crippen LogP) is 2.65. The molecule has 0 aliphatic carbocycles. The highest BCUT2D eigenvalue weighted by Crippen LogP contribution is 2.26. The maximum atomic E-state index is 12.7. The number of aliphatic carboxylic acids is 1. The Bertz CT molecular complexity index is 781. The van der Waals surface area contributed by atoms with Gasteiger partial charge in [0.25, 0.3) is 5.91 Å². The van der Waals surface area contributed by atoms with Gasteiger partial charge in [0, 0.05) is 25.2 Å². The number of rotatable bonds is 10. The van der Waals surface area contributed by atoms with Gasteiger partial charge in [-0.3, -0.25) is 9.59 Å². The van der Waals surface area contributed by atoms with Crippen molar-refractivity contribution in [2.45, 2.75) is 52.4 Å². The van der Waals surface area contributed by atoms with Gasteiger partial charge in [-0.15, -0.1) is 0 Å². The van der Waals surface area contributed by atoms with Gasteiger partial charge in [0.1, 0.15) is 0 Å². The number of hydrogen-bond acceptors (Lipinski definition) is 4. The van der Waals surface area contributed by atoms with E-state index in [2.05, 4.69) is 5.32 Å². The lowest BCUT2D eigenvalue weighted by Gasteiger charge is -2.27. The highest BCUT2D eigenvalue weighted by molar-refractivity contribution is 7.89. The molecule has 152 valence electrons. The van der Waals surface area contributed by atoms with Gasteiger partial charge in [-0.2, -0.15) is 4.31 Å². The molecule has 0 spiro atoms. The third-order valence-corrected chi connectivity index (χ3v) is 7.24. The molecule has 0 heterocycles. The number of carbonyl (C=O) groups excluding carboxylic acids is 1. The van der Waals surface area contributed by atoms with E-state index in [1.54, 1.807) is 40.7 Å². The topological polar surface area (TPSA) is 104 Å². The number of carboxylic acid groups (broad SMARTS) is 1. The first-order chi connectivity index (χ1) is 12.6. The summed E-state index contributed by atoms with van der Waals surface area (Å²) in [4.78, 5) is 24.3. The maximum Gasteiger partial charge on any atom is 0.311 e. The number of hydrogen-bond donors (Lipinski definition) is 2. The number of carboxylic acids is 1. The van der Waals surface area contributed by atoms with E-state index in [1.165, 1.54) is 16.4 Å². The highest BCUT2D eigenvalue weighted by Gasteiger charge is 2.35. The molecule has 0 unspecified atom stereocenters. The SMILES string of the molecule is CCN(CC)S(=O)(=O)c1ccc(C)c(C(=O)NCC(CC)(CC)C(=O)O)c1. The molecule has 1 rings (SSSR count). The molecule has 0 saturated carbocycles. The van der Waals surface area contributed by atoms with Crippen LogP contribution in [0.25, 0.3) is 0 Å². The fraction of sp³-hybridized carbons (Fsp3) is 0.579. The smallest absolute Gasteiger partial charge is 0.311 e. The minimum atomic E-state index is -3.68. The first-order valence-electron chi connectivity index (χ1n) is 9.22. The largest absolute Gasteiger partial charge is 0.481 e. The van der Waals surface area contributed by atoms with E-state index in [-0.39, 0.29) is 17.0 Å². The van der Waals surface area contributed by atoms with Crippen LogP contribution in [-0.2, 0) is 14.8 Å². The molecule has 8 heteroatoms. The second-order valence-corrected chi connectivity index (χ2v) is 8.48. The number of amides is 1. The second-order valence-electron chi connectivity index (χ2n) is 6.54. The van der Waals surface area contributed by atoms with Crippen LogP contribution in [0.4, 0.5) is 0 Å². The molecule has 1 amide bonds. The van der Waals surface area contributed by atoms with Gasteiger partial charge in [0.2, 0.25) is 10.0 Å². The van der Waals surface area contributed by atoms with Gasteiger partial charge in [0.05, 0.1) is 10.3 Å². The van der Waals surface area contributed by atoms with E-state index in [9.17, 15) is 23.1 Å². The normalized spacial score (nSPS) is 12.2.